The minimum Gasteiger partial charge on any atom is -0.390 e. The standard InChI is InChI=1S/C21H20N2O3S/c24-16(14-22-27(25,26)17-8-2-1-3-9-17)15-23-20-12-6-4-10-18(20)19-11-5-7-13-21(19)23/h1-13,16,22,24H,14-15H2. The van der Waals surface area contributed by atoms with E-state index in [1.807, 2.05) is 41.0 Å². The van der Waals surface area contributed by atoms with Crippen LogP contribution in [0.3, 0.4) is 0 Å². The summed E-state index contributed by atoms with van der Waals surface area (Å²) >= 11 is 0. The van der Waals surface area contributed by atoms with E-state index in [-0.39, 0.29) is 11.4 Å². The predicted molar refractivity (Wildman–Crippen MR) is 107 cm³/mol. The fraction of sp³-hybridized carbons (Fsp3) is 0.143. The fourth-order valence-corrected chi connectivity index (χ4v) is 4.46. The van der Waals surface area contributed by atoms with Crippen molar-refractivity contribution in [3.63, 3.8) is 0 Å². The minimum atomic E-state index is -3.64. The van der Waals surface area contributed by atoms with E-state index in [2.05, 4.69) is 16.9 Å². The molecule has 4 rings (SSSR count). The maximum atomic E-state index is 12.3. The van der Waals surface area contributed by atoms with E-state index >= 15 is 0 Å². The maximum absolute atomic E-state index is 12.3. The van der Waals surface area contributed by atoms with Gasteiger partial charge in [-0.15, -0.1) is 0 Å². The van der Waals surface area contributed by atoms with Gasteiger partial charge in [0.2, 0.25) is 10.0 Å². The number of aliphatic hydroxyl groups excluding tert-OH is 1. The Morgan fingerprint density at radius 1 is 0.815 bits per heavy atom. The third-order valence-electron chi connectivity index (χ3n) is 4.64. The van der Waals surface area contributed by atoms with Gasteiger partial charge in [0.25, 0.3) is 0 Å². The van der Waals surface area contributed by atoms with Gasteiger partial charge in [0.15, 0.2) is 0 Å². The molecular formula is C21H20N2O3S. The molecule has 0 aliphatic carbocycles. The molecule has 3 aromatic carbocycles. The molecule has 0 amide bonds. The van der Waals surface area contributed by atoms with Crippen LogP contribution in [0.5, 0.6) is 0 Å². The van der Waals surface area contributed by atoms with Gasteiger partial charge in [-0.2, -0.15) is 0 Å². The van der Waals surface area contributed by atoms with Crippen LogP contribution in [0.4, 0.5) is 0 Å². The highest BCUT2D eigenvalue weighted by Gasteiger charge is 2.17. The highest BCUT2D eigenvalue weighted by Crippen LogP contribution is 2.28. The Labute approximate surface area is 157 Å². The molecule has 0 saturated heterocycles. The van der Waals surface area contributed by atoms with E-state index in [9.17, 15) is 13.5 Å². The predicted octanol–water partition coefficient (Wildman–Crippen LogP) is 3.13. The number of rotatable bonds is 6. The van der Waals surface area contributed by atoms with Crippen molar-refractivity contribution in [3.8, 4) is 0 Å². The number of hydrogen-bond donors (Lipinski definition) is 2. The van der Waals surface area contributed by atoms with Crippen LogP contribution >= 0.6 is 0 Å². The average Bonchev–Trinajstić information content (AvgIpc) is 3.01. The Morgan fingerprint density at radius 3 is 1.93 bits per heavy atom. The number of aliphatic hydroxyl groups is 1. The number of nitrogens with one attached hydrogen (secondary N) is 1. The van der Waals surface area contributed by atoms with E-state index in [0.717, 1.165) is 21.8 Å². The Balaban J connectivity index is 1.57. The molecule has 6 heteroatoms. The summed E-state index contributed by atoms with van der Waals surface area (Å²) in [6.45, 7) is 0.239. The van der Waals surface area contributed by atoms with E-state index < -0.39 is 16.1 Å². The quantitative estimate of drug-likeness (QED) is 0.540. The Morgan fingerprint density at radius 2 is 1.33 bits per heavy atom. The molecular weight excluding hydrogens is 360 g/mol. The normalized spacial score (nSPS) is 13.2. The highest BCUT2D eigenvalue weighted by molar-refractivity contribution is 7.89. The van der Waals surface area contributed by atoms with Crippen LogP contribution in [-0.4, -0.2) is 30.7 Å². The number of nitrogens with zero attached hydrogens (tertiary/aromatic N) is 1. The number of sulfonamides is 1. The SMILES string of the molecule is O=S(=O)(NCC(O)Cn1c2ccccc2c2ccccc21)c1ccccc1. The zero-order chi connectivity index (χ0) is 18.9. The van der Waals surface area contributed by atoms with Crippen LogP contribution in [0.2, 0.25) is 0 Å². The van der Waals surface area contributed by atoms with Crippen LogP contribution in [0.1, 0.15) is 0 Å². The Bertz CT molecular complexity index is 1130. The lowest BCUT2D eigenvalue weighted by Crippen LogP contribution is -2.34. The topological polar surface area (TPSA) is 71.3 Å². The van der Waals surface area contributed by atoms with E-state index in [4.69, 9.17) is 0 Å². The van der Waals surface area contributed by atoms with Crippen LogP contribution in [0.25, 0.3) is 21.8 Å². The number of para-hydroxylation sites is 2. The third-order valence-corrected chi connectivity index (χ3v) is 6.08. The second-order valence-corrected chi connectivity index (χ2v) is 8.23. The zero-order valence-electron chi connectivity index (χ0n) is 14.6. The largest absolute Gasteiger partial charge is 0.390 e. The number of aromatic nitrogens is 1. The summed E-state index contributed by atoms with van der Waals surface area (Å²) in [4.78, 5) is 0.189. The summed E-state index contributed by atoms with van der Waals surface area (Å²) in [6, 6.07) is 24.2. The monoisotopic (exact) mass is 380 g/mol. The average molecular weight is 380 g/mol. The van der Waals surface area contributed by atoms with Crippen molar-refractivity contribution < 1.29 is 13.5 Å². The molecule has 1 aromatic heterocycles. The first kappa shape index (κ1) is 17.7. The number of hydrogen-bond acceptors (Lipinski definition) is 3. The first-order chi connectivity index (χ1) is 13.1. The van der Waals surface area contributed by atoms with Gasteiger partial charge in [-0.3, -0.25) is 0 Å². The molecule has 0 saturated carbocycles. The van der Waals surface area contributed by atoms with Crippen molar-refractivity contribution in [1.82, 2.24) is 9.29 Å². The maximum Gasteiger partial charge on any atom is 0.240 e. The van der Waals surface area contributed by atoms with Crippen LogP contribution in [-0.2, 0) is 16.6 Å². The van der Waals surface area contributed by atoms with Gasteiger partial charge in [0, 0.05) is 28.4 Å². The van der Waals surface area contributed by atoms with Gasteiger partial charge < -0.3 is 9.67 Å². The molecule has 138 valence electrons. The molecule has 5 nitrogen and oxygen atoms in total. The van der Waals surface area contributed by atoms with Gasteiger partial charge in [-0.1, -0.05) is 54.6 Å². The van der Waals surface area contributed by atoms with Gasteiger partial charge in [-0.05, 0) is 24.3 Å². The fourth-order valence-electron chi connectivity index (χ4n) is 3.36. The van der Waals surface area contributed by atoms with Gasteiger partial charge in [0.1, 0.15) is 0 Å². The van der Waals surface area contributed by atoms with E-state index in [0.29, 0.717) is 6.54 Å². The van der Waals surface area contributed by atoms with Crippen molar-refractivity contribution in [2.45, 2.75) is 17.5 Å². The Kier molecular flexibility index (Phi) is 4.70. The second-order valence-electron chi connectivity index (χ2n) is 6.46. The molecule has 2 N–H and O–H groups in total. The second kappa shape index (κ2) is 7.15. The summed E-state index contributed by atoms with van der Waals surface area (Å²) in [5.74, 6) is 0. The molecule has 0 fully saturated rings. The van der Waals surface area contributed by atoms with Gasteiger partial charge >= 0.3 is 0 Å². The van der Waals surface area contributed by atoms with Crippen molar-refractivity contribution in [2.75, 3.05) is 6.54 Å². The molecule has 0 aliphatic heterocycles. The molecule has 0 spiro atoms. The van der Waals surface area contributed by atoms with Crippen molar-refractivity contribution >= 4 is 31.8 Å². The van der Waals surface area contributed by atoms with Crippen LogP contribution in [0.15, 0.2) is 83.8 Å². The van der Waals surface area contributed by atoms with E-state index in [1.165, 1.54) is 12.1 Å². The summed E-state index contributed by atoms with van der Waals surface area (Å²) < 4.78 is 29.2. The first-order valence-electron chi connectivity index (χ1n) is 8.75. The highest BCUT2D eigenvalue weighted by atomic mass is 32.2. The first-order valence-corrected chi connectivity index (χ1v) is 10.2. The molecule has 0 bridgehead atoms. The van der Waals surface area contributed by atoms with Crippen molar-refractivity contribution in [3.05, 3.63) is 78.9 Å². The zero-order valence-corrected chi connectivity index (χ0v) is 15.4. The Hall–Kier alpha value is -2.67. The van der Waals surface area contributed by atoms with Crippen LogP contribution < -0.4 is 4.72 Å². The molecule has 0 aliphatic rings. The lowest BCUT2D eigenvalue weighted by Gasteiger charge is -2.15. The molecule has 1 heterocycles. The lowest BCUT2D eigenvalue weighted by molar-refractivity contribution is 0.161. The summed E-state index contributed by atoms with van der Waals surface area (Å²) in [5, 5.41) is 12.7. The van der Waals surface area contributed by atoms with Crippen molar-refractivity contribution in [2.24, 2.45) is 0 Å². The van der Waals surface area contributed by atoms with E-state index in [1.54, 1.807) is 18.2 Å². The number of fused-ring (bicyclic) bond motifs is 3. The summed E-state index contributed by atoms with van der Waals surface area (Å²) in [6.07, 6.45) is -0.859. The molecule has 4 aromatic rings. The third kappa shape index (κ3) is 3.47. The molecule has 0 radical (unpaired) electrons. The lowest BCUT2D eigenvalue weighted by atomic mass is 10.2. The number of benzene rings is 3. The smallest absolute Gasteiger partial charge is 0.240 e. The molecule has 1 unspecified atom stereocenters. The summed E-state index contributed by atoms with van der Waals surface area (Å²) in [7, 11) is -3.64. The van der Waals surface area contributed by atoms with Crippen LogP contribution in [0, 0.1) is 0 Å². The minimum absolute atomic E-state index is 0.0575. The van der Waals surface area contributed by atoms with Gasteiger partial charge in [-0.25, -0.2) is 13.1 Å². The molecule has 27 heavy (non-hydrogen) atoms. The molecule has 1 atom stereocenters. The van der Waals surface area contributed by atoms with Crippen molar-refractivity contribution in [1.29, 1.82) is 0 Å². The summed E-state index contributed by atoms with van der Waals surface area (Å²) in [5.41, 5.74) is 2.03. The van der Waals surface area contributed by atoms with Gasteiger partial charge in [0.05, 0.1) is 17.5 Å².